The van der Waals surface area contributed by atoms with Crippen molar-refractivity contribution in [3.05, 3.63) is 84.4 Å². The molecular weight excluding hydrogens is 412 g/mol. The van der Waals surface area contributed by atoms with Crippen LogP contribution in [0.25, 0.3) is 38.6 Å². The van der Waals surface area contributed by atoms with Crippen LogP contribution < -0.4 is 14.2 Å². The summed E-state index contributed by atoms with van der Waals surface area (Å²) in [6.07, 6.45) is 0. The summed E-state index contributed by atoms with van der Waals surface area (Å²) < 4.78 is 18.7. The molecule has 0 fully saturated rings. The number of ether oxygens (including phenoxy) is 3. The van der Waals surface area contributed by atoms with Crippen molar-refractivity contribution in [1.29, 1.82) is 5.26 Å². The molecule has 0 bridgehead atoms. The van der Waals surface area contributed by atoms with Gasteiger partial charge in [-0.2, -0.15) is 5.26 Å². The van der Waals surface area contributed by atoms with E-state index < -0.39 is 0 Å². The second kappa shape index (κ2) is 8.25. The van der Waals surface area contributed by atoms with Crippen molar-refractivity contribution < 1.29 is 14.2 Å². The summed E-state index contributed by atoms with van der Waals surface area (Å²) in [4.78, 5) is 0. The van der Waals surface area contributed by atoms with E-state index in [2.05, 4.69) is 22.8 Å². The number of nitrogens with zero attached hydrogens (tertiary/aromatic N) is 2. The second-order valence-corrected chi connectivity index (χ2v) is 7.68. The van der Waals surface area contributed by atoms with Gasteiger partial charge in [0.15, 0.2) is 0 Å². The van der Waals surface area contributed by atoms with Crippen molar-refractivity contribution in [2.45, 2.75) is 0 Å². The van der Waals surface area contributed by atoms with E-state index in [-0.39, 0.29) is 0 Å². The summed E-state index contributed by atoms with van der Waals surface area (Å²) in [5, 5.41) is 11.7. The summed E-state index contributed by atoms with van der Waals surface area (Å²) in [6, 6.07) is 28.1. The Labute approximate surface area is 192 Å². The number of fused-ring (bicyclic) bond motifs is 3. The molecule has 5 heteroatoms. The van der Waals surface area contributed by atoms with E-state index in [4.69, 9.17) is 14.2 Å². The van der Waals surface area contributed by atoms with Crippen LogP contribution in [0.4, 0.5) is 0 Å². The minimum Gasteiger partial charge on any atom is -0.497 e. The van der Waals surface area contributed by atoms with Crippen molar-refractivity contribution >= 4 is 21.8 Å². The molecule has 5 rings (SSSR count). The Hall–Kier alpha value is -4.43. The smallest absolute Gasteiger partial charge is 0.119 e. The number of benzene rings is 4. The van der Waals surface area contributed by atoms with Crippen LogP contribution >= 0.6 is 0 Å². The van der Waals surface area contributed by atoms with Gasteiger partial charge in [0.05, 0.1) is 49.7 Å². The Morgan fingerprint density at radius 3 is 1.85 bits per heavy atom. The molecule has 0 saturated heterocycles. The molecule has 162 valence electrons. The van der Waals surface area contributed by atoms with Crippen molar-refractivity contribution in [3.8, 4) is 40.1 Å². The van der Waals surface area contributed by atoms with Gasteiger partial charge >= 0.3 is 0 Å². The Morgan fingerprint density at radius 1 is 0.667 bits per heavy atom. The van der Waals surface area contributed by atoms with Gasteiger partial charge in [-0.1, -0.05) is 12.1 Å². The average molecular weight is 434 g/mol. The zero-order valence-electron chi connectivity index (χ0n) is 18.6. The van der Waals surface area contributed by atoms with E-state index in [0.717, 1.165) is 55.9 Å². The number of hydrogen-bond acceptors (Lipinski definition) is 4. The number of rotatable bonds is 5. The molecule has 0 aliphatic rings. The molecule has 5 nitrogen and oxygen atoms in total. The van der Waals surface area contributed by atoms with Crippen LogP contribution in [0.5, 0.6) is 17.2 Å². The summed E-state index contributed by atoms with van der Waals surface area (Å²) in [7, 11) is 4.99. The van der Waals surface area contributed by atoms with Crippen molar-refractivity contribution in [1.82, 2.24) is 4.57 Å². The van der Waals surface area contributed by atoms with Gasteiger partial charge in [-0.3, -0.25) is 0 Å². The van der Waals surface area contributed by atoms with Crippen LogP contribution in [0.2, 0.25) is 0 Å². The van der Waals surface area contributed by atoms with Crippen LogP contribution in [0, 0.1) is 11.3 Å². The van der Waals surface area contributed by atoms with Crippen LogP contribution in [0.1, 0.15) is 5.56 Å². The normalized spacial score (nSPS) is 10.8. The van der Waals surface area contributed by atoms with E-state index in [0.29, 0.717) is 5.56 Å². The molecule has 1 heterocycles. The van der Waals surface area contributed by atoms with E-state index in [1.54, 1.807) is 21.3 Å². The van der Waals surface area contributed by atoms with Gasteiger partial charge in [-0.25, -0.2) is 0 Å². The van der Waals surface area contributed by atoms with Gasteiger partial charge in [-0.05, 0) is 72.3 Å². The fraction of sp³-hybridized carbons (Fsp3) is 0.107. The molecule has 0 aliphatic carbocycles. The molecule has 1 aromatic heterocycles. The molecule has 0 saturated carbocycles. The number of nitriles is 1. The lowest BCUT2D eigenvalue weighted by Gasteiger charge is -2.15. The molecule has 0 atom stereocenters. The van der Waals surface area contributed by atoms with Crippen LogP contribution in [0.15, 0.2) is 78.9 Å². The molecule has 4 aromatic carbocycles. The standard InChI is InChI=1S/C28H22N2O3/c1-31-20-6-4-5-19(14-20)23-13-18(17-29)7-10-26(23)30-27-11-8-21(32-2)15-24(27)25-16-22(33-3)9-12-28(25)30/h4-16H,1-3H3. The van der Waals surface area contributed by atoms with Gasteiger partial charge < -0.3 is 18.8 Å². The fourth-order valence-electron chi connectivity index (χ4n) is 4.32. The first-order valence-corrected chi connectivity index (χ1v) is 10.5. The van der Waals surface area contributed by atoms with Gasteiger partial charge in [0.25, 0.3) is 0 Å². The maximum absolute atomic E-state index is 9.58. The highest BCUT2D eigenvalue weighted by Gasteiger charge is 2.17. The van der Waals surface area contributed by atoms with E-state index in [1.165, 1.54) is 0 Å². The molecule has 0 N–H and O–H groups in total. The van der Waals surface area contributed by atoms with E-state index >= 15 is 0 Å². The molecule has 5 aromatic rings. The summed E-state index contributed by atoms with van der Waals surface area (Å²) in [5.74, 6) is 2.34. The highest BCUT2D eigenvalue weighted by molar-refractivity contribution is 6.10. The van der Waals surface area contributed by atoms with E-state index in [9.17, 15) is 5.26 Å². The minimum atomic E-state index is 0.598. The monoisotopic (exact) mass is 434 g/mol. The molecule has 0 amide bonds. The minimum absolute atomic E-state index is 0.598. The third-order valence-electron chi connectivity index (χ3n) is 5.93. The van der Waals surface area contributed by atoms with Gasteiger partial charge in [0, 0.05) is 16.3 Å². The van der Waals surface area contributed by atoms with Crippen LogP contribution in [-0.2, 0) is 0 Å². The van der Waals surface area contributed by atoms with Crippen LogP contribution in [-0.4, -0.2) is 25.9 Å². The Balaban J connectivity index is 1.88. The quantitative estimate of drug-likeness (QED) is 0.323. The van der Waals surface area contributed by atoms with Crippen molar-refractivity contribution in [2.75, 3.05) is 21.3 Å². The molecule has 0 aliphatic heterocycles. The predicted octanol–water partition coefficient (Wildman–Crippen LogP) is 6.35. The number of hydrogen-bond donors (Lipinski definition) is 0. The zero-order chi connectivity index (χ0) is 22.9. The SMILES string of the molecule is COc1cccc(-c2cc(C#N)ccc2-n2c3ccc(OC)cc3c3cc(OC)ccc32)c1. The maximum Gasteiger partial charge on any atom is 0.119 e. The fourth-order valence-corrected chi connectivity index (χ4v) is 4.32. The molecule has 0 radical (unpaired) electrons. The van der Waals surface area contributed by atoms with Gasteiger partial charge in [-0.15, -0.1) is 0 Å². The largest absolute Gasteiger partial charge is 0.497 e. The Kier molecular flexibility index (Phi) is 5.12. The summed E-state index contributed by atoms with van der Waals surface area (Å²) >= 11 is 0. The molecule has 0 unspecified atom stereocenters. The molecular formula is C28H22N2O3. The zero-order valence-corrected chi connectivity index (χ0v) is 18.6. The first kappa shape index (κ1) is 20.5. The number of aromatic nitrogens is 1. The lowest BCUT2D eigenvalue weighted by Crippen LogP contribution is -1.98. The third kappa shape index (κ3) is 3.42. The first-order chi connectivity index (χ1) is 16.2. The lowest BCUT2D eigenvalue weighted by molar-refractivity contribution is 0.415. The van der Waals surface area contributed by atoms with Crippen molar-refractivity contribution in [2.24, 2.45) is 0 Å². The number of methoxy groups -OCH3 is 3. The van der Waals surface area contributed by atoms with Crippen LogP contribution in [0.3, 0.4) is 0 Å². The Bertz CT molecular complexity index is 1480. The van der Waals surface area contributed by atoms with Gasteiger partial charge in [0.1, 0.15) is 17.2 Å². The first-order valence-electron chi connectivity index (χ1n) is 10.5. The molecule has 33 heavy (non-hydrogen) atoms. The maximum atomic E-state index is 9.58. The predicted molar refractivity (Wildman–Crippen MR) is 131 cm³/mol. The molecule has 0 spiro atoms. The topological polar surface area (TPSA) is 56.4 Å². The second-order valence-electron chi connectivity index (χ2n) is 7.68. The van der Waals surface area contributed by atoms with E-state index in [1.807, 2.05) is 66.7 Å². The summed E-state index contributed by atoms with van der Waals surface area (Å²) in [6.45, 7) is 0. The van der Waals surface area contributed by atoms with Gasteiger partial charge in [0.2, 0.25) is 0 Å². The lowest BCUT2D eigenvalue weighted by atomic mass is 10.0. The Morgan fingerprint density at radius 2 is 1.27 bits per heavy atom. The summed E-state index contributed by atoms with van der Waals surface area (Å²) in [5.41, 5.74) is 5.55. The highest BCUT2D eigenvalue weighted by atomic mass is 16.5. The highest BCUT2D eigenvalue weighted by Crippen LogP contribution is 2.39. The van der Waals surface area contributed by atoms with Crippen molar-refractivity contribution in [3.63, 3.8) is 0 Å². The average Bonchev–Trinajstić information content (AvgIpc) is 3.20. The third-order valence-corrected chi connectivity index (χ3v) is 5.93.